The van der Waals surface area contributed by atoms with E-state index < -0.39 is 5.60 Å². The Morgan fingerprint density at radius 2 is 2.06 bits per heavy atom. The third kappa shape index (κ3) is 5.00. The van der Waals surface area contributed by atoms with Gasteiger partial charge in [-0.25, -0.2) is 0 Å². The second kappa shape index (κ2) is 5.32. The Labute approximate surface area is 103 Å². The number of benzene rings is 1. The molecule has 0 bridgehead atoms. The van der Waals surface area contributed by atoms with E-state index >= 15 is 0 Å². The van der Waals surface area contributed by atoms with E-state index in [4.69, 9.17) is 10.5 Å². The summed E-state index contributed by atoms with van der Waals surface area (Å²) in [5.74, 6) is -0.258. The van der Waals surface area contributed by atoms with Crippen LogP contribution in [-0.2, 0) is 9.53 Å². The molecule has 0 saturated carbocycles. The van der Waals surface area contributed by atoms with Crippen LogP contribution in [0.3, 0.4) is 0 Å². The summed E-state index contributed by atoms with van der Waals surface area (Å²) >= 11 is 0. The van der Waals surface area contributed by atoms with E-state index in [0.29, 0.717) is 0 Å². The molecule has 1 aromatic rings. The number of hydrogen-bond donors (Lipinski definition) is 1. The minimum Gasteiger partial charge on any atom is -0.460 e. The van der Waals surface area contributed by atoms with E-state index in [1.165, 1.54) is 0 Å². The zero-order valence-electron chi connectivity index (χ0n) is 11.0. The number of hydrogen-bond acceptors (Lipinski definition) is 3. The smallest absolute Gasteiger partial charge is 0.308 e. The summed E-state index contributed by atoms with van der Waals surface area (Å²) in [6.07, 6.45) is 0.209. The van der Waals surface area contributed by atoms with Gasteiger partial charge in [-0.2, -0.15) is 0 Å². The molecular formula is C14H21NO2. The summed E-state index contributed by atoms with van der Waals surface area (Å²) in [7, 11) is 0. The van der Waals surface area contributed by atoms with Gasteiger partial charge >= 0.3 is 5.97 Å². The van der Waals surface area contributed by atoms with Crippen molar-refractivity contribution in [2.45, 2.75) is 45.8 Å². The maximum atomic E-state index is 11.6. The van der Waals surface area contributed by atoms with Gasteiger partial charge in [0.2, 0.25) is 0 Å². The van der Waals surface area contributed by atoms with Crippen molar-refractivity contribution in [3.8, 4) is 0 Å². The van der Waals surface area contributed by atoms with Crippen molar-refractivity contribution in [2.75, 3.05) is 0 Å². The summed E-state index contributed by atoms with van der Waals surface area (Å²) in [6, 6.07) is 7.57. The van der Waals surface area contributed by atoms with Crippen LogP contribution < -0.4 is 5.73 Å². The zero-order chi connectivity index (χ0) is 13.1. The van der Waals surface area contributed by atoms with Gasteiger partial charge in [0.05, 0.1) is 6.42 Å². The van der Waals surface area contributed by atoms with Crippen LogP contribution in [0.25, 0.3) is 0 Å². The monoisotopic (exact) mass is 235 g/mol. The average molecular weight is 235 g/mol. The molecule has 1 unspecified atom stereocenters. The fourth-order valence-electron chi connectivity index (χ4n) is 1.58. The fourth-order valence-corrected chi connectivity index (χ4v) is 1.58. The summed E-state index contributed by atoms with van der Waals surface area (Å²) in [5, 5.41) is 0. The number of aryl methyl sites for hydroxylation is 1. The molecule has 0 radical (unpaired) electrons. The van der Waals surface area contributed by atoms with Gasteiger partial charge in [0.25, 0.3) is 0 Å². The van der Waals surface area contributed by atoms with E-state index in [-0.39, 0.29) is 18.4 Å². The maximum absolute atomic E-state index is 11.6. The number of carbonyl (C=O) groups is 1. The van der Waals surface area contributed by atoms with E-state index in [1.54, 1.807) is 0 Å². The molecule has 0 aliphatic heterocycles. The van der Waals surface area contributed by atoms with Gasteiger partial charge in [0.1, 0.15) is 5.60 Å². The molecule has 0 heterocycles. The quantitative estimate of drug-likeness (QED) is 0.819. The molecule has 0 spiro atoms. The molecule has 0 aromatic heterocycles. The van der Waals surface area contributed by atoms with Crippen molar-refractivity contribution in [3.05, 3.63) is 35.4 Å². The highest BCUT2D eigenvalue weighted by atomic mass is 16.6. The van der Waals surface area contributed by atoms with E-state index in [9.17, 15) is 4.79 Å². The third-order valence-electron chi connectivity index (χ3n) is 2.28. The minimum atomic E-state index is -0.455. The predicted octanol–water partition coefficient (Wildman–Crippen LogP) is 2.73. The lowest BCUT2D eigenvalue weighted by Gasteiger charge is -2.21. The van der Waals surface area contributed by atoms with Gasteiger partial charge in [0, 0.05) is 6.04 Å². The molecule has 0 saturated heterocycles. The minimum absolute atomic E-state index is 0.209. The molecule has 1 atom stereocenters. The first-order valence-corrected chi connectivity index (χ1v) is 5.82. The van der Waals surface area contributed by atoms with Crippen molar-refractivity contribution >= 4 is 5.97 Å². The van der Waals surface area contributed by atoms with Crippen molar-refractivity contribution < 1.29 is 9.53 Å². The number of ether oxygens (including phenoxy) is 1. The summed E-state index contributed by atoms with van der Waals surface area (Å²) in [5.41, 5.74) is 7.64. The fraction of sp³-hybridized carbons (Fsp3) is 0.500. The molecule has 0 aliphatic rings. The van der Waals surface area contributed by atoms with Gasteiger partial charge in [-0.3, -0.25) is 4.79 Å². The number of rotatable bonds is 3. The molecule has 0 fully saturated rings. The molecule has 0 amide bonds. The molecule has 1 aromatic carbocycles. The van der Waals surface area contributed by atoms with E-state index in [1.807, 2.05) is 52.0 Å². The lowest BCUT2D eigenvalue weighted by Crippen LogP contribution is -2.26. The number of nitrogens with two attached hydrogens (primary N) is 1. The molecular weight excluding hydrogens is 214 g/mol. The predicted molar refractivity (Wildman–Crippen MR) is 68.6 cm³/mol. The Bertz CT molecular complexity index is 393. The van der Waals surface area contributed by atoms with Crippen molar-refractivity contribution in [3.63, 3.8) is 0 Å². The first-order valence-electron chi connectivity index (χ1n) is 5.82. The van der Waals surface area contributed by atoms with Crippen LogP contribution >= 0.6 is 0 Å². The highest BCUT2D eigenvalue weighted by Gasteiger charge is 2.19. The van der Waals surface area contributed by atoms with Crippen molar-refractivity contribution in [2.24, 2.45) is 5.73 Å². The molecule has 3 nitrogen and oxygen atoms in total. The molecule has 17 heavy (non-hydrogen) atoms. The Morgan fingerprint density at radius 3 is 2.59 bits per heavy atom. The van der Waals surface area contributed by atoms with Crippen molar-refractivity contribution in [1.29, 1.82) is 0 Å². The van der Waals surface area contributed by atoms with Gasteiger partial charge in [0.15, 0.2) is 0 Å². The lowest BCUT2D eigenvalue weighted by atomic mass is 10.0. The van der Waals surface area contributed by atoms with Crippen LogP contribution in [0.4, 0.5) is 0 Å². The third-order valence-corrected chi connectivity index (χ3v) is 2.28. The Balaban J connectivity index is 2.61. The van der Waals surface area contributed by atoms with Crippen molar-refractivity contribution in [1.82, 2.24) is 0 Å². The second-order valence-electron chi connectivity index (χ2n) is 5.31. The van der Waals surface area contributed by atoms with E-state index in [0.717, 1.165) is 11.1 Å². The molecule has 3 heteroatoms. The summed E-state index contributed by atoms with van der Waals surface area (Å²) in [6.45, 7) is 7.55. The van der Waals surface area contributed by atoms with Gasteiger partial charge in [-0.05, 0) is 33.3 Å². The number of esters is 1. The first kappa shape index (κ1) is 13.7. The topological polar surface area (TPSA) is 52.3 Å². The number of carbonyl (C=O) groups excluding carboxylic acids is 1. The largest absolute Gasteiger partial charge is 0.460 e. The average Bonchev–Trinajstić information content (AvgIpc) is 2.14. The van der Waals surface area contributed by atoms with Gasteiger partial charge in [-0.1, -0.05) is 29.8 Å². The Kier molecular flexibility index (Phi) is 4.29. The van der Waals surface area contributed by atoms with Crippen LogP contribution in [0.1, 0.15) is 44.4 Å². The van der Waals surface area contributed by atoms with Gasteiger partial charge in [-0.15, -0.1) is 0 Å². The van der Waals surface area contributed by atoms with Gasteiger partial charge < -0.3 is 10.5 Å². The first-order chi connectivity index (χ1) is 7.78. The highest BCUT2D eigenvalue weighted by Crippen LogP contribution is 2.17. The molecule has 1 rings (SSSR count). The highest BCUT2D eigenvalue weighted by molar-refractivity contribution is 5.70. The molecule has 2 N–H and O–H groups in total. The van der Waals surface area contributed by atoms with Crippen LogP contribution in [-0.4, -0.2) is 11.6 Å². The standard InChI is InChI=1S/C14H21NO2/c1-10-6-5-7-11(8-10)12(15)9-13(16)17-14(2,3)4/h5-8,12H,9,15H2,1-4H3. The molecule has 0 aliphatic carbocycles. The summed E-state index contributed by atoms with van der Waals surface area (Å²) < 4.78 is 5.24. The Morgan fingerprint density at radius 1 is 1.41 bits per heavy atom. The van der Waals surface area contributed by atoms with Crippen LogP contribution in [0.5, 0.6) is 0 Å². The van der Waals surface area contributed by atoms with Crippen LogP contribution in [0.2, 0.25) is 0 Å². The SMILES string of the molecule is Cc1cccc(C(N)CC(=O)OC(C)(C)C)c1. The van der Waals surface area contributed by atoms with E-state index in [2.05, 4.69) is 0 Å². The second-order valence-corrected chi connectivity index (χ2v) is 5.31. The maximum Gasteiger partial charge on any atom is 0.308 e. The van der Waals surface area contributed by atoms with Crippen LogP contribution in [0.15, 0.2) is 24.3 Å². The zero-order valence-corrected chi connectivity index (χ0v) is 11.0. The normalized spacial score (nSPS) is 13.2. The summed E-state index contributed by atoms with van der Waals surface area (Å²) in [4.78, 5) is 11.6. The Hall–Kier alpha value is -1.35. The molecule has 94 valence electrons. The van der Waals surface area contributed by atoms with Crippen LogP contribution in [0, 0.1) is 6.92 Å². The lowest BCUT2D eigenvalue weighted by molar-refractivity contribution is -0.155.